The van der Waals surface area contributed by atoms with Gasteiger partial charge in [0.1, 0.15) is 0 Å². The van der Waals surface area contributed by atoms with Crippen molar-refractivity contribution < 1.29 is 14.3 Å². The van der Waals surface area contributed by atoms with Crippen molar-refractivity contribution in [1.29, 1.82) is 5.26 Å². The molecule has 0 radical (unpaired) electrons. The monoisotopic (exact) mass is 440 g/mol. The van der Waals surface area contributed by atoms with Crippen molar-refractivity contribution >= 4 is 24.8 Å². The van der Waals surface area contributed by atoms with Crippen molar-refractivity contribution in [2.24, 2.45) is 0 Å². The molecule has 31 heavy (non-hydrogen) atoms. The standard InChI is InChI=1S/C25H33N2O3P/c1-6-10-22(25(29)27-24-18(2)13-21(15-26)14-19(24)3)31(4,5)17-23(28)30-16-20-11-8-7-9-12-20/h7-9,11-14,22,31H,6,10,16-17H2,1-5H3,(H,27,29). The average Bonchev–Trinajstić information content (AvgIpc) is 2.73. The number of nitrogens with zero attached hydrogens (tertiary/aromatic N) is 1. The van der Waals surface area contributed by atoms with Crippen LogP contribution in [0.25, 0.3) is 0 Å². The van der Waals surface area contributed by atoms with E-state index in [0.717, 1.165) is 35.2 Å². The van der Waals surface area contributed by atoms with E-state index in [1.54, 1.807) is 12.1 Å². The Balaban J connectivity index is 2.10. The number of benzene rings is 2. The Morgan fingerprint density at radius 2 is 1.74 bits per heavy atom. The molecule has 2 aromatic rings. The van der Waals surface area contributed by atoms with Gasteiger partial charge in [0.25, 0.3) is 0 Å². The van der Waals surface area contributed by atoms with Gasteiger partial charge in [-0.3, -0.25) is 0 Å². The fourth-order valence-corrected chi connectivity index (χ4v) is 6.83. The van der Waals surface area contributed by atoms with Crippen LogP contribution < -0.4 is 5.32 Å². The SMILES string of the molecule is CCCC(C(=O)Nc1c(C)cc(C#N)cc1C)[PH](C)(C)CC(=O)OCc1ccccc1. The third kappa shape index (κ3) is 6.91. The molecule has 0 saturated carbocycles. The summed E-state index contributed by atoms with van der Waals surface area (Å²) in [6.45, 7) is 10.2. The van der Waals surface area contributed by atoms with Gasteiger partial charge in [-0.15, -0.1) is 0 Å². The molecule has 1 unspecified atom stereocenters. The number of anilines is 1. The molecule has 1 atom stereocenters. The van der Waals surface area contributed by atoms with Crippen LogP contribution in [0, 0.1) is 25.2 Å². The van der Waals surface area contributed by atoms with Crippen LogP contribution in [0.3, 0.4) is 0 Å². The second-order valence-corrected chi connectivity index (χ2v) is 13.8. The molecule has 0 aromatic heterocycles. The molecule has 2 rings (SSSR count). The number of esters is 1. The number of ether oxygens (including phenoxy) is 1. The van der Waals surface area contributed by atoms with E-state index in [1.807, 2.05) is 44.2 Å². The molecule has 0 aliphatic rings. The Morgan fingerprint density at radius 3 is 2.29 bits per heavy atom. The van der Waals surface area contributed by atoms with Crippen LogP contribution in [0.5, 0.6) is 0 Å². The molecule has 0 aliphatic carbocycles. The van der Waals surface area contributed by atoms with Gasteiger partial charge in [0.15, 0.2) is 0 Å². The quantitative estimate of drug-likeness (QED) is 0.438. The van der Waals surface area contributed by atoms with Crippen LogP contribution in [0.2, 0.25) is 0 Å². The molecular weight excluding hydrogens is 407 g/mol. The molecule has 6 heteroatoms. The zero-order valence-electron chi connectivity index (χ0n) is 19.1. The van der Waals surface area contributed by atoms with Crippen LogP contribution >= 0.6 is 7.26 Å². The number of aryl methyl sites for hydroxylation is 2. The summed E-state index contributed by atoms with van der Waals surface area (Å²) in [5.74, 6) is -0.301. The van der Waals surface area contributed by atoms with Crippen molar-refractivity contribution in [1.82, 2.24) is 0 Å². The van der Waals surface area contributed by atoms with Gasteiger partial charge in [-0.25, -0.2) is 0 Å². The van der Waals surface area contributed by atoms with E-state index < -0.39 is 7.26 Å². The summed E-state index contributed by atoms with van der Waals surface area (Å²) in [6.07, 6.45) is 1.88. The van der Waals surface area contributed by atoms with Crippen LogP contribution in [-0.2, 0) is 20.9 Å². The zero-order chi connectivity index (χ0) is 23.0. The van der Waals surface area contributed by atoms with Crippen LogP contribution in [-0.4, -0.2) is 37.0 Å². The molecule has 2 aromatic carbocycles. The average molecular weight is 441 g/mol. The number of amides is 1. The second kappa shape index (κ2) is 11.1. The first-order valence-corrected chi connectivity index (χ1v) is 14.0. The van der Waals surface area contributed by atoms with Gasteiger partial charge in [-0.2, -0.15) is 0 Å². The van der Waals surface area contributed by atoms with Crippen LogP contribution in [0.4, 0.5) is 5.69 Å². The predicted molar refractivity (Wildman–Crippen MR) is 129 cm³/mol. The van der Waals surface area contributed by atoms with Gasteiger partial charge < -0.3 is 0 Å². The Bertz CT molecular complexity index is 941. The molecule has 1 amide bonds. The minimum absolute atomic E-state index is 0.0507. The van der Waals surface area contributed by atoms with Gasteiger partial charge in [0.05, 0.1) is 0 Å². The minimum atomic E-state index is -2.26. The summed E-state index contributed by atoms with van der Waals surface area (Å²) < 4.78 is 5.49. The number of nitriles is 1. The van der Waals surface area contributed by atoms with E-state index in [2.05, 4.69) is 31.6 Å². The number of hydrogen-bond acceptors (Lipinski definition) is 4. The van der Waals surface area contributed by atoms with E-state index in [0.29, 0.717) is 11.7 Å². The van der Waals surface area contributed by atoms with E-state index in [1.165, 1.54) is 0 Å². The fourth-order valence-electron chi connectivity index (χ4n) is 3.89. The zero-order valence-corrected chi connectivity index (χ0v) is 20.1. The van der Waals surface area contributed by atoms with Crippen molar-refractivity contribution in [2.45, 2.75) is 45.9 Å². The summed E-state index contributed by atoms with van der Waals surface area (Å²) >= 11 is 0. The van der Waals surface area contributed by atoms with Gasteiger partial charge in [-0.05, 0) is 0 Å². The van der Waals surface area contributed by atoms with Gasteiger partial charge in [-0.1, -0.05) is 0 Å². The van der Waals surface area contributed by atoms with Gasteiger partial charge in [0.2, 0.25) is 0 Å². The molecule has 0 aliphatic heterocycles. The molecule has 0 spiro atoms. The van der Waals surface area contributed by atoms with Crippen molar-refractivity contribution in [2.75, 3.05) is 24.8 Å². The van der Waals surface area contributed by atoms with Gasteiger partial charge in [0, 0.05) is 0 Å². The molecule has 166 valence electrons. The maximum atomic E-state index is 13.3. The number of hydrogen-bond donors (Lipinski definition) is 1. The van der Waals surface area contributed by atoms with Crippen LogP contribution in [0.1, 0.15) is 42.0 Å². The number of rotatable bonds is 9. The molecular formula is C25H33N2O3P. The van der Waals surface area contributed by atoms with Crippen LogP contribution in [0.15, 0.2) is 42.5 Å². The first-order valence-electron chi connectivity index (χ1n) is 10.7. The van der Waals surface area contributed by atoms with Gasteiger partial charge >= 0.3 is 186 Å². The van der Waals surface area contributed by atoms with E-state index >= 15 is 0 Å². The number of carbonyl (C=O) groups excluding carboxylic acids is 2. The summed E-state index contributed by atoms with van der Waals surface area (Å²) in [5.41, 5.74) is 3.79. The Morgan fingerprint density at radius 1 is 1.13 bits per heavy atom. The van der Waals surface area contributed by atoms with E-state index in [-0.39, 0.29) is 24.1 Å². The summed E-state index contributed by atoms with van der Waals surface area (Å²) in [4.78, 5) is 25.8. The number of carbonyl (C=O) groups is 2. The van der Waals surface area contributed by atoms with E-state index in [9.17, 15) is 9.59 Å². The molecule has 0 fully saturated rings. The number of nitrogens with one attached hydrogen (secondary N) is 1. The Hall–Kier alpha value is -2.70. The molecule has 5 nitrogen and oxygen atoms in total. The first-order chi connectivity index (χ1) is 14.7. The van der Waals surface area contributed by atoms with Crippen molar-refractivity contribution in [3.63, 3.8) is 0 Å². The molecule has 0 saturated heterocycles. The second-order valence-electron chi connectivity index (χ2n) is 8.74. The Kier molecular flexibility index (Phi) is 8.77. The third-order valence-electron chi connectivity index (χ3n) is 5.59. The third-order valence-corrected chi connectivity index (χ3v) is 9.23. The Labute approximate surface area is 186 Å². The van der Waals surface area contributed by atoms with Crippen molar-refractivity contribution in [3.8, 4) is 6.07 Å². The maximum absolute atomic E-state index is 13.3. The normalized spacial score (nSPS) is 12.5. The first kappa shape index (κ1) is 24.6. The summed E-state index contributed by atoms with van der Waals surface area (Å²) in [7, 11) is -2.26. The molecule has 0 bridgehead atoms. The summed E-state index contributed by atoms with van der Waals surface area (Å²) in [5, 5.41) is 12.2. The topological polar surface area (TPSA) is 79.2 Å². The van der Waals surface area contributed by atoms with Crippen molar-refractivity contribution in [3.05, 3.63) is 64.7 Å². The molecule has 1 N–H and O–H groups in total. The molecule has 0 heterocycles. The predicted octanol–water partition coefficient (Wildman–Crippen LogP) is 5.04. The fraction of sp³-hybridized carbons (Fsp3) is 0.400. The van der Waals surface area contributed by atoms with E-state index in [4.69, 9.17) is 10.00 Å². The summed E-state index contributed by atoms with van der Waals surface area (Å²) in [6, 6.07) is 15.3.